The van der Waals surface area contributed by atoms with Gasteiger partial charge in [0, 0.05) is 54.9 Å². The molecule has 2 atom stereocenters. The zero-order chi connectivity index (χ0) is 22.3. The molecule has 3 aromatic rings. The lowest BCUT2D eigenvalue weighted by molar-refractivity contribution is 0.0192. The van der Waals surface area contributed by atoms with E-state index in [4.69, 9.17) is 9.72 Å². The molecule has 0 spiro atoms. The van der Waals surface area contributed by atoms with Gasteiger partial charge in [-0.05, 0) is 62.7 Å². The van der Waals surface area contributed by atoms with E-state index < -0.39 is 5.60 Å². The molecule has 8 nitrogen and oxygen atoms in total. The van der Waals surface area contributed by atoms with Crippen LogP contribution in [0.15, 0.2) is 41.4 Å². The Bertz CT molecular complexity index is 1080. The van der Waals surface area contributed by atoms with Crippen LogP contribution in [-0.4, -0.2) is 61.3 Å². The number of piperazine rings is 1. The van der Waals surface area contributed by atoms with E-state index in [1.165, 1.54) is 0 Å². The molecule has 9 heteroatoms. The predicted molar refractivity (Wildman–Crippen MR) is 123 cm³/mol. The number of nitrogens with zero attached hydrogens (tertiary/aromatic N) is 6. The summed E-state index contributed by atoms with van der Waals surface area (Å²) in [7, 11) is 0. The Balaban J connectivity index is 1.50. The van der Waals surface area contributed by atoms with Crippen molar-refractivity contribution < 1.29 is 9.53 Å². The minimum atomic E-state index is -0.498. The highest BCUT2D eigenvalue weighted by molar-refractivity contribution is 9.10. The van der Waals surface area contributed by atoms with Gasteiger partial charge in [-0.2, -0.15) is 5.10 Å². The van der Waals surface area contributed by atoms with Crippen LogP contribution in [-0.2, 0) is 4.74 Å². The van der Waals surface area contributed by atoms with E-state index in [1.54, 1.807) is 15.6 Å². The van der Waals surface area contributed by atoms with Crippen molar-refractivity contribution in [2.75, 3.05) is 18.0 Å². The van der Waals surface area contributed by atoms with Crippen molar-refractivity contribution in [2.24, 2.45) is 0 Å². The average molecular weight is 487 g/mol. The number of pyridine rings is 1. The van der Waals surface area contributed by atoms with Crippen molar-refractivity contribution in [1.82, 2.24) is 24.5 Å². The highest BCUT2D eigenvalue weighted by Gasteiger charge is 2.34. The van der Waals surface area contributed by atoms with Crippen molar-refractivity contribution in [3.8, 4) is 11.1 Å². The second-order valence-corrected chi connectivity index (χ2v) is 9.85. The van der Waals surface area contributed by atoms with Gasteiger partial charge in [0.15, 0.2) is 5.65 Å². The standard InChI is InChI=1S/C22H27BrN6O2/c1-14-11-27(21(30)31-22(3,4)5)12-15(2)29(14)19-7-6-16(8-24-19)17-9-25-20-18(23)10-26-28(20)13-17/h6-10,13-15H,11-12H2,1-5H3/t14-,15+. The SMILES string of the molecule is C[C@@H]1CN(C(=O)OC(C)(C)C)C[C@H](C)N1c1ccc(-c2cnc3c(Br)cnn3c2)cn1. The molecule has 0 saturated carbocycles. The first-order chi connectivity index (χ1) is 14.6. The molecule has 0 aromatic carbocycles. The van der Waals surface area contributed by atoms with Gasteiger partial charge in [-0.15, -0.1) is 0 Å². The van der Waals surface area contributed by atoms with Crippen LogP contribution in [0.25, 0.3) is 16.8 Å². The Kier molecular flexibility index (Phi) is 5.63. The van der Waals surface area contributed by atoms with Crippen molar-refractivity contribution in [3.05, 3.63) is 41.4 Å². The van der Waals surface area contributed by atoms with Crippen molar-refractivity contribution in [2.45, 2.75) is 52.3 Å². The molecule has 3 aromatic heterocycles. The molecule has 1 saturated heterocycles. The van der Waals surface area contributed by atoms with Gasteiger partial charge in [0.25, 0.3) is 0 Å². The largest absolute Gasteiger partial charge is 0.444 e. The van der Waals surface area contributed by atoms with Gasteiger partial charge in [-0.1, -0.05) is 0 Å². The van der Waals surface area contributed by atoms with Gasteiger partial charge in [0.05, 0.1) is 10.7 Å². The molecule has 1 aliphatic rings. The fourth-order valence-corrected chi connectivity index (χ4v) is 4.33. The van der Waals surface area contributed by atoms with E-state index in [1.807, 2.05) is 51.5 Å². The highest BCUT2D eigenvalue weighted by atomic mass is 79.9. The minimum absolute atomic E-state index is 0.119. The summed E-state index contributed by atoms with van der Waals surface area (Å²) < 4.78 is 8.15. The monoisotopic (exact) mass is 486 g/mol. The highest BCUT2D eigenvalue weighted by Crippen LogP contribution is 2.27. The van der Waals surface area contributed by atoms with Crippen LogP contribution in [0.1, 0.15) is 34.6 Å². The third-order valence-corrected chi connectivity index (χ3v) is 5.79. The van der Waals surface area contributed by atoms with Crippen molar-refractivity contribution in [1.29, 1.82) is 0 Å². The molecule has 1 fully saturated rings. The van der Waals surface area contributed by atoms with E-state index in [2.05, 4.69) is 44.8 Å². The number of hydrogen-bond donors (Lipinski definition) is 0. The first kappa shape index (κ1) is 21.5. The second-order valence-electron chi connectivity index (χ2n) is 9.00. The van der Waals surface area contributed by atoms with E-state index in [0.29, 0.717) is 13.1 Å². The number of fused-ring (bicyclic) bond motifs is 1. The number of carbonyl (C=O) groups is 1. The topological polar surface area (TPSA) is 75.9 Å². The van der Waals surface area contributed by atoms with E-state index in [9.17, 15) is 4.79 Å². The summed E-state index contributed by atoms with van der Waals surface area (Å²) in [6.07, 6.45) is 7.09. The zero-order valence-electron chi connectivity index (χ0n) is 18.4. The van der Waals surface area contributed by atoms with Crippen LogP contribution >= 0.6 is 15.9 Å². The van der Waals surface area contributed by atoms with Crippen LogP contribution in [0, 0.1) is 0 Å². The number of carbonyl (C=O) groups excluding carboxylic acids is 1. The Labute approximate surface area is 190 Å². The number of aromatic nitrogens is 4. The lowest BCUT2D eigenvalue weighted by Crippen LogP contribution is -2.59. The van der Waals surface area contributed by atoms with E-state index in [-0.39, 0.29) is 18.2 Å². The first-order valence-electron chi connectivity index (χ1n) is 10.3. The number of anilines is 1. The molecule has 4 heterocycles. The van der Waals surface area contributed by atoms with Gasteiger partial charge in [0.2, 0.25) is 0 Å². The first-order valence-corrected chi connectivity index (χ1v) is 11.1. The Morgan fingerprint density at radius 2 is 1.74 bits per heavy atom. The van der Waals surface area contributed by atoms with E-state index in [0.717, 1.165) is 27.1 Å². The normalized spacial score (nSPS) is 19.7. The summed E-state index contributed by atoms with van der Waals surface area (Å²) in [5, 5.41) is 4.29. The average Bonchev–Trinajstić information content (AvgIpc) is 3.07. The summed E-state index contributed by atoms with van der Waals surface area (Å²) in [6, 6.07) is 4.31. The number of ether oxygens (including phenoxy) is 1. The number of halogens is 1. The maximum atomic E-state index is 12.5. The van der Waals surface area contributed by atoms with Gasteiger partial charge in [-0.25, -0.2) is 19.3 Å². The molecule has 0 aliphatic carbocycles. The second kappa shape index (κ2) is 8.11. The Morgan fingerprint density at radius 3 is 2.35 bits per heavy atom. The summed E-state index contributed by atoms with van der Waals surface area (Å²) in [6.45, 7) is 11.1. The summed E-state index contributed by atoms with van der Waals surface area (Å²) in [5.74, 6) is 0.892. The fraction of sp³-hybridized carbons (Fsp3) is 0.455. The molecule has 1 aliphatic heterocycles. The van der Waals surface area contributed by atoms with Gasteiger partial charge < -0.3 is 14.5 Å². The molecular weight excluding hydrogens is 460 g/mol. The van der Waals surface area contributed by atoms with Crippen LogP contribution in [0.2, 0.25) is 0 Å². The molecular formula is C22H27BrN6O2. The van der Waals surface area contributed by atoms with Gasteiger partial charge >= 0.3 is 6.09 Å². The van der Waals surface area contributed by atoms with Crippen LogP contribution in [0.3, 0.4) is 0 Å². The van der Waals surface area contributed by atoms with Crippen LogP contribution in [0.4, 0.5) is 10.6 Å². The smallest absolute Gasteiger partial charge is 0.410 e. The zero-order valence-corrected chi connectivity index (χ0v) is 20.0. The van der Waals surface area contributed by atoms with Crippen molar-refractivity contribution in [3.63, 3.8) is 0 Å². The lowest BCUT2D eigenvalue weighted by atomic mass is 10.1. The third kappa shape index (κ3) is 4.51. The number of amides is 1. The van der Waals surface area contributed by atoms with Crippen LogP contribution in [0.5, 0.6) is 0 Å². The summed E-state index contributed by atoms with van der Waals surface area (Å²) in [5.41, 5.74) is 2.19. The summed E-state index contributed by atoms with van der Waals surface area (Å²) >= 11 is 3.44. The molecule has 0 N–H and O–H groups in total. The Hall–Kier alpha value is -2.68. The molecule has 4 rings (SSSR count). The predicted octanol–water partition coefficient (Wildman–Crippen LogP) is 4.39. The maximum absolute atomic E-state index is 12.5. The third-order valence-electron chi connectivity index (χ3n) is 5.23. The van der Waals surface area contributed by atoms with Crippen molar-refractivity contribution >= 4 is 33.5 Å². The summed E-state index contributed by atoms with van der Waals surface area (Å²) in [4.78, 5) is 25.7. The molecule has 0 radical (unpaired) electrons. The number of hydrogen-bond acceptors (Lipinski definition) is 6. The van der Waals surface area contributed by atoms with Gasteiger partial charge in [-0.3, -0.25) is 0 Å². The quantitative estimate of drug-likeness (QED) is 0.534. The fourth-order valence-electron chi connectivity index (χ4n) is 3.95. The minimum Gasteiger partial charge on any atom is -0.444 e. The molecule has 164 valence electrons. The molecule has 0 unspecified atom stereocenters. The van der Waals surface area contributed by atoms with Crippen LogP contribution < -0.4 is 4.90 Å². The maximum Gasteiger partial charge on any atom is 0.410 e. The molecule has 1 amide bonds. The Morgan fingerprint density at radius 1 is 1.06 bits per heavy atom. The molecule has 0 bridgehead atoms. The van der Waals surface area contributed by atoms with E-state index >= 15 is 0 Å². The number of rotatable bonds is 2. The van der Waals surface area contributed by atoms with Gasteiger partial charge in [0.1, 0.15) is 11.4 Å². The lowest BCUT2D eigenvalue weighted by Gasteiger charge is -2.45. The molecule has 31 heavy (non-hydrogen) atoms.